The highest BCUT2D eigenvalue weighted by atomic mass is 79.9. The summed E-state index contributed by atoms with van der Waals surface area (Å²) in [5, 5.41) is 0. The van der Waals surface area contributed by atoms with Crippen LogP contribution >= 0.6 is 31.9 Å². The molecule has 2 atom stereocenters. The standard InChI is InChI=1S/C13H14Br2F2/c14-9-4-2-1-3-8(7-9)12-11(16)6-5-10(15)13(12)17/h5-6,8-9H,1-4,7H2. The van der Waals surface area contributed by atoms with Crippen molar-refractivity contribution in [3.05, 3.63) is 33.8 Å². The van der Waals surface area contributed by atoms with Crippen molar-refractivity contribution in [3.8, 4) is 0 Å². The highest BCUT2D eigenvalue weighted by molar-refractivity contribution is 9.10. The van der Waals surface area contributed by atoms with Crippen molar-refractivity contribution in [3.63, 3.8) is 0 Å². The van der Waals surface area contributed by atoms with Crippen LogP contribution in [0.4, 0.5) is 8.78 Å². The average Bonchev–Trinajstić information content (AvgIpc) is 2.49. The van der Waals surface area contributed by atoms with Gasteiger partial charge in [0.1, 0.15) is 11.6 Å². The molecule has 0 heterocycles. The Morgan fingerprint density at radius 1 is 1.12 bits per heavy atom. The highest BCUT2D eigenvalue weighted by Gasteiger charge is 2.25. The van der Waals surface area contributed by atoms with Gasteiger partial charge in [-0.15, -0.1) is 0 Å². The van der Waals surface area contributed by atoms with Gasteiger partial charge in [0.15, 0.2) is 0 Å². The van der Waals surface area contributed by atoms with E-state index in [9.17, 15) is 8.78 Å². The molecule has 2 rings (SSSR count). The molecule has 0 N–H and O–H groups in total. The molecular weight excluding hydrogens is 354 g/mol. The lowest BCUT2D eigenvalue weighted by molar-refractivity contribution is 0.493. The highest BCUT2D eigenvalue weighted by Crippen LogP contribution is 2.38. The lowest BCUT2D eigenvalue weighted by atomic mass is 9.91. The Hall–Kier alpha value is 0.0400. The number of hydrogen-bond acceptors (Lipinski definition) is 0. The molecule has 0 nitrogen and oxygen atoms in total. The first-order chi connectivity index (χ1) is 8.09. The Morgan fingerprint density at radius 3 is 2.59 bits per heavy atom. The van der Waals surface area contributed by atoms with Gasteiger partial charge < -0.3 is 0 Å². The lowest BCUT2D eigenvalue weighted by Crippen LogP contribution is -2.08. The molecule has 1 saturated carbocycles. The predicted molar refractivity (Wildman–Crippen MR) is 72.6 cm³/mol. The van der Waals surface area contributed by atoms with E-state index in [1.807, 2.05) is 0 Å². The maximum absolute atomic E-state index is 14.0. The normalized spacial score (nSPS) is 25.6. The lowest BCUT2D eigenvalue weighted by Gasteiger charge is -2.18. The van der Waals surface area contributed by atoms with E-state index in [-0.39, 0.29) is 11.5 Å². The Bertz CT molecular complexity index is 407. The van der Waals surface area contributed by atoms with Gasteiger partial charge in [-0.05, 0) is 53.2 Å². The molecule has 1 fully saturated rings. The van der Waals surface area contributed by atoms with E-state index in [0.29, 0.717) is 9.30 Å². The van der Waals surface area contributed by atoms with Crippen LogP contribution in [-0.4, -0.2) is 4.83 Å². The van der Waals surface area contributed by atoms with Gasteiger partial charge >= 0.3 is 0 Å². The maximum atomic E-state index is 14.0. The van der Waals surface area contributed by atoms with E-state index in [4.69, 9.17) is 0 Å². The van der Waals surface area contributed by atoms with E-state index in [0.717, 1.165) is 32.1 Å². The summed E-state index contributed by atoms with van der Waals surface area (Å²) in [7, 11) is 0. The minimum Gasteiger partial charge on any atom is -0.207 e. The topological polar surface area (TPSA) is 0 Å². The molecule has 2 unspecified atom stereocenters. The third-order valence-electron chi connectivity index (χ3n) is 3.35. The number of halogens is 4. The quantitative estimate of drug-likeness (QED) is 0.347. The molecule has 94 valence electrons. The van der Waals surface area contributed by atoms with E-state index in [1.54, 1.807) is 0 Å². The SMILES string of the molecule is Fc1ccc(Br)c(F)c1C1CCCCC(Br)C1. The summed E-state index contributed by atoms with van der Waals surface area (Å²) < 4.78 is 28.2. The molecule has 0 aliphatic heterocycles. The van der Waals surface area contributed by atoms with Gasteiger partial charge in [0.25, 0.3) is 0 Å². The van der Waals surface area contributed by atoms with Gasteiger partial charge in [-0.25, -0.2) is 8.78 Å². The molecule has 0 saturated heterocycles. The summed E-state index contributed by atoms with van der Waals surface area (Å²) in [5.41, 5.74) is 0.255. The second-order valence-electron chi connectivity index (χ2n) is 4.57. The summed E-state index contributed by atoms with van der Waals surface area (Å²) in [6.45, 7) is 0. The van der Waals surface area contributed by atoms with Crippen molar-refractivity contribution in [1.29, 1.82) is 0 Å². The number of hydrogen-bond donors (Lipinski definition) is 0. The van der Waals surface area contributed by atoms with E-state index < -0.39 is 11.6 Å². The van der Waals surface area contributed by atoms with Crippen LogP contribution in [0.25, 0.3) is 0 Å². The van der Waals surface area contributed by atoms with Crippen LogP contribution in [0.2, 0.25) is 0 Å². The van der Waals surface area contributed by atoms with Crippen LogP contribution < -0.4 is 0 Å². The van der Waals surface area contributed by atoms with Gasteiger partial charge in [-0.3, -0.25) is 0 Å². The average molecular weight is 368 g/mol. The van der Waals surface area contributed by atoms with Crippen LogP contribution in [0.5, 0.6) is 0 Å². The minimum atomic E-state index is -0.434. The van der Waals surface area contributed by atoms with Gasteiger partial charge in [0.05, 0.1) is 4.47 Å². The zero-order chi connectivity index (χ0) is 12.4. The first-order valence-corrected chi connectivity index (χ1v) is 7.58. The van der Waals surface area contributed by atoms with Crippen LogP contribution in [0.3, 0.4) is 0 Å². The molecule has 1 aromatic carbocycles. The Balaban J connectivity index is 2.34. The van der Waals surface area contributed by atoms with Gasteiger partial charge in [-0.2, -0.15) is 0 Å². The molecule has 0 bridgehead atoms. The van der Waals surface area contributed by atoms with Crippen molar-refractivity contribution >= 4 is 31.9 Å². The predicted octanol–water partition coefficient (Wildman–Crippen LogP) is 5.54. The van der Waals surface area contributed by atoms with Crippen LogP contribution in [0.1, 0.15) is 43.6 Å². The maximum Gasteiger partial charge on any atom is 0.143 e. The second kappa shape index (κ2) is 5.79. The molecule has 0 radical (unpaired) electrons. The third kappa shape index (κ3) is 3.08. The molecule has 0 amide bonds. The van der Waals surface area contributed by atoms with Crippen molar-refractivity contribution in [2.75, 3.05) is 0 Å². The van der Waals surface area contributed by atoms with Crippen LogP contribution in [0, 0.1) is 11.6 Å². The van der Waals surface area contributed by atoms with Crippen molar-refractivity contribution in [2.45, 2.75) is 42.8 Å². The first-order valence-electron chi connectivity index (χ1n) is 5.87. The number of rotatable bonds is 1. The summed E-state index contributed by atoms with van der Waals surface area (Å²) in [5.74, 6) is -0.867. The largest absolute Gasteiger partial charge is 0.207 e. The Labute approximate surface area is 117 Å². The van der Waals surface area contributed by atoms with E-state index in [1.165, 1.54) is 12.1 Å². The Kier molecular flexibility index (Phi) is 4.59. The summed E-state index contributed by atoms with van der Waals surface area (Å²) >= 11 is 6.72. The molecule has 17 heavy (non-hydrogen) atoms. The first kappa shape index (κ1) is 13.5. The molecule has 4 heteroatoms. The van der Waals surface area contributed by atoms with E-state index >= 15 is 0 Å². The molecule has 1 aliphatic carbocycles. The van der Waals surface area contributed by atoms with Gasteiger partial charge in [-0.1, -0.05) is 28.8 Å². The molecular formula is C13H14Br2F2. The van der Waals surface area contributed by atoms with Crippen LogP contribution in [-0.2, 0) is 0 Å². The number of alkyl halides is 1. The fraction of sp³-hybridized carbons (Fsp3) is 0.538. The molecule has 0 aromatic heterocycles. The molecule has 1 aromatic rings. The number of benzene rings is 1. The summed E-state index contributed by atoms with van der Waals surface area (Å²) in [6, 6.07) is 2.77. The van der Waals surface area contributed by atoms with E-state index in [2.05, 4.69) is 31.9 Å². The fourth-order valence-corrected chi connectivity index (χ4v) is 3.60. The smallest absolute Gasteiger partial charge is 0.143 e. The zero-order valence-electron chi connectivity index (χ0n) is 9.36. The van der Waals surface area contributed by atoms with Crippen molar-refractivity contribution in [2.24, 2.45) is 0 Å². The van der Waals surface area contributed by atoms with Crippen LogP contribution in [0.15, 0.2) is 16.6 Å². The second-order valence-corrected chi connectivity index (χ2v) is 6.72. The summed E-state index contributed by atoms with van der Waals surface area (Å²) in [6.07, 6.45) is 4.94. The summed E-state index contributed by atoms with van der Waals surface area (Å²) in [4.78, 5) is 0.368. The molecule has 0 spiro atoms. The minimum absolute atomic E-state index is 0.0145. The zero-order valence-corrected chi connectivity index (χ0v) is 12.5. The Morgan fingerprint density at radius 2 is 1.82 bits per heavy atom. The van der Waals surface area contributed by atoms with Gasteiger partial charge in [0.2, 0.25) is 0 Å². The van der Waals surface area contributed by atoms with Gasteiger partial charge in [0, 0.05) is 10.4 Å². The van der Waals surface area contributed by atoms with Crippen molar-refractivity contribution in [1.82, 2.24) is 0 Å². The monoisotopic (exact) mass is 366 g/mol. The fourth-order valence-electron chi connectivity index (χ4n) is 2.48. The van der Waals surface area contributed by atoms with Crippen molar-refractivity contribution < 1.29 is 8.78 Å². The molecule has 1 aliphatic rings. The third-order valence-corrected chi connectivity index (χ3v) is 4.79.